The number of anilines is 1. The van der Waals surface area contributed by atoms with Crippen LogP contribution < -0.4 is 11.4 Å². The first-order chi connectivity index (χ1) is 7.08. The summed E-state index contributed by atoms with van der Waals surface area (Å²) >= 11 is -1.14. The van der Waals surface area contributed by atoms with Crippen molar-refractivity contribution < 1.29 is 13.7 Å². The van der Waals surface area contributed by atoms with Gasteiger partial charge in [0.05, 0.1) is 6.20 Å². The van der Waals surface area contributed by atoms with E-state index < -0.39 is 34.7 Å². The Bertz CT molecular complexity index is 438. The van der Waals surface area contributed by atoms with Gasteiger partial charge in [-0.25, -0.2) is 9.18 Å². The van der Waals surface area contributed by atoms with Crippen molar-refractivity contribution in [1.82, 2.24) is 9.55 Å². The Morgan fingerprint density at radius 2 is 2.53 bits per heavy atom. The Morgan fingerprint density at radius 1 is 1.80 bits per heavy atom. The molecule has 1 saturated heterocycles. The van der Waals surface area contributed by atoms with Crippen molar-refractivity contribution in [1.29, 1.82) is 0 Å². The molecule has 0 amide bonds. The molecular formula is C7H8FN3O3S. The molecule has 8 heteroatoms. The normalized spacial score (nSPS) is 25.7. The molecule has 2 rings (SSSR count). The van der Waals surface area contributed by atoms with Gasteiger partial charge >= 0.3 is 5.69 Å². The first kappa shape index (κ1) is 10.4. The third-order valence-corrected chi connectivity index (χ3v) is 3.02. The fraction of sp³-hybridized carbons (Fsp3) is 0.429. The quantitative estimate of drug-likeness (QED) is 0.641. The van der Waals surface area contributed by atoms with Crippen LogP contribution in [0.3, 0.4) is 0 Å². The van der Waals surface area contributed by atoms with E-state index in [9.17, 15) is 13.7 Å². The molecule has 6 nitrogen and oxygen atoms in total. The third-order valence-electron chi connectivity index (χ3n) is 1.96. The Kier molecular flexibility index (Phi) is 2.63. The van der Waals surface area contributed by atoms with Crippen LogP contribution in [0.2, 0.25) is 0 Å². The van der Waals surface area contributed by atoms with Gasteiger partial charge in [-0.05, 0) is 11.2 Å². The highest BCUT2D eigenvalue weighted by Gasteiger charge is 2.29. The molecule has 2 heterocycles. The second-order valence-corrected chi connectivity index (χ2v) is 4.46. The number of aromatic nitrogens is 2. The van der Waals surface area contributed by atoms with Gasteiger partial charge in [0.25, 0.3) is 0 Å². The summed E-state index contributed by atoms with van der Waals surface area (Å²) in [6, 6.07) is 0. The Morgan fingerprint density at radius 3 is 3.13 bits per heavy atom. The Balaban J connectivity index is 2.36. The lowest BCUT2D eigenvalue weighted by Crippen LogP contribution is -2.29. The maximum Gasteiger partial charge on any atom is 0.351 e. The first-order valence-electron chi connectivity index (χ1n) is 4.08. The van der Waals surface area contributed by atoms with Crippen molar-refractivity contribution in [3.8, 4) is 0 Å². The van der Waals surface area contributed by atoms with Crippen molar-refractivity contribution in [2.45, 2.75) is 6.23 Å². The summed E-state index contributed by atoms with van der Waals surface area (Å²) in [5.41, 5.74) is 4.40. The lowest BCUT2D eigenvalue weighted by atomic mass is 10.5. The maximum absolute atomic E-state index is 13.0. The summed E-state index contributed by atoms with van der Waals surface area (Å²) in [5.74, 6) is -1.04. The molecule has 0 aromatic carbocycles. The largest absolute Gasteiger partial charge is 0.614 e. The molecule has 82 valence electrons. The molecule has 1 aliphatic heterocycles. The van der Waals surface area contributed by atoms with Crippen LogP contribution in [0.15, 0.2) is 11.0 Å². The molecule has 0 aliphatic carbocycles. The Hall–Kier alpha value is -1.12. The molecule has 2 unspecified atom stereocenters. The van der Waals surface area contributed by atoms with E-state index in [1.54, 1.807) is 0 Å². The third kappa shape index (κ3) is 1.96. The van der Waals surface area contributed by atoms with Gasteiger partial charge in [0.1, 0.15) is 0 Å². The number of nitrogens with zero attached hydrogens (tertiary/aromatic N) is 2. The van der Waals surface area contributed by atoms with Crippen LogP contribution in [-0.4, -0.2) is 25.8 Å². The molecule has 0 spiro atoms. The first-order valence-corrected chi connectivity index (χ1v) is 5.57. The number of hydrogen-bond acceptors (Lipinski definition) is 5. The number of rotatable bonds is 1. The zero-order chi connectivity index (χ0) is 11.0. The van der Waals surface area contributed by atoms with E-state index in [-0.39, 0.29) is 11.7 Å². The average molecular weight is 233 g/mol. The zero-order valence-corrected chi connectivity index (χ0v) is 8.37. The topological polar surface area (TPSA) is 93.2 Å². The highest BCUT2D eigenvalue weighted by atomic mass is 32.2. The SMILES string of the molecule is Nc1nc(=O)n(C2C[S+]([O-])CO2)cc1F. The van der Waals surface area contributed by atoms with Crippen molar-refractivity contribution in [3.05, 3.63) is 22.5 Å². The van der Waals surface area contributed by atoms with Crippen LogP contribution in [0.5, 0.6) is 0 Å². The molecule has 0 saturated carbocycles. The van der Waals surface area contributed by atoms with Gasteiger partial charge in [-0.2, -0.15) is 4.98 Å². The minimum atomic E-state index is -1.14. The number of halogens is 1. The summed E-state index contributed by atoms with van der Waals surface area (Å²) in [4.78, 5) is 14.6. The van der Waals surface area contributed by atoms with Gasteiger partial charge in [0.2, 0.25) is 5.94 Å². The standard InChI is InChI=1S/C7H8FN3O3S/c8-4-1-11(7(12)10-6(4)9)5-2-15(13)3-14-5/h1,5H,2-3H2,(H2,9,10,12). The van der Waals surface area contributed by atoms with Gasteiger partial charge in [0, 0.05) is 0 Å². The van der Waals surface area contributed by atoms with E-state index >= 15 is 0 Å². The molecule has 1 aliphatic rings. The Labute approximate surface area is 87.0 Å². The molecule has 1 aromatic heterocycles. The van der Waals surface area contributed by atoms with E-state index in [0.29, 0.717) is 0 Å². The smallest absolute Gasteiger partial charge is 0.351 e. The average Bonchev–Trinajstić information content (AvgIpc) is 2.58. The minimum absolute atomic E-state index is 0.0447. The van der Waals surface area contributed by atoms with Gasteiger partial charge in [-0.1, -0.05) is 0 Å². The van der Waals surface area contributed by atoms with Crippen molar-refractivity contribution in [2.75, 3.05) is 17.4 Å². The van der Waals surface area contributed by atoms with Crippen LogP contribution in [0, 0.1) is 5.82 Å². The monoisotopic (exact) mass is 233 g/mol. The minimum Gasteiger partial charge on any atom is -0.614 e. The zero-order valence-electron chi connectivity index (χ0n) is 7.55. The van der Waals surface area contributed by atoms with Crippen LogP contribution in [0.25, 0.3) is 0 Å². The fourth-order valence-electron chi connectivity index (χ4n) is 1.23. The molecule has 0 bridgehead atoms. The molecule has 15 heavy (non-hydrogen) atoms. The number of ether oxygens (including phenoxy) is 1. The van der Waals surface area contributed by atoms with E-state index in [1.807, 2.05) is 0 Å². The summed E-state index contributed by atoms with van der Waals surface area (Å²) in [7, 11) is 0. The summed E-state index contributed by atoms with van der Waals surface area (Å²) in [5, 5.41) is 0. The molecule has 2 atom stereocenters. The van der Waals surface area contributed by atoms with Crippen LogP contribution in [0.4, 0.5) is 10.2 Å². The predicted octanol–water partition coefficient (Wildman–Crippen LogP) is -0.800. The van der Waals surface area contributed by atoms with Crippen LogP contribution in [-0.2, 0) is 15.9 Å². The fourth-order valence-corrected chi connectivity index (χ4v) is 2.21. The maximum atomic E-state index is 13.0. The van der Waals surface area contributed by atoms with E-state index in [4.69, 9.17) is 10.5 Å². The molecule has 2 N–H and O–H groups in total. The van der Waals surface area contributed by atoms with Gasteiger partial charge < -0.3 is 15.0 Å². The number of nitrogens with two attached hydrogens (primary N) is 1. The van der Waals surface area contributed by atoms with Gasteiger partial charge in [0.15, 0.2) is 23.6 Å². The van der Waals surface area contributed by atoms with E-state index in [0.717, 1.165) is 10.8 Å². The second kappa shape index (κ2) is 3.80. The lowest BCUT2D eigenvalue weighted by molar-refractivity contribution is 0.0626. The number of nitrogen functional groups attached to an aromatic ring is 1. The number of hydrogen-bond donors (Lipinski definition) is 1. The van der Waals surface area contributed by atoms with Crippen LogP contribution in [0.1, 0.15) is 6.23 Å². The summed E-state index contributed by atoms with van der Waals surface area (Å²) in [6.07, 6.45) is 0.193. The van der Waals surface area contributed by atoms with Crippen molar-refractivity contribution >= 4 is 17.0 Å². The molecule has 1 fully saturated rings. The van der Waals surface area contributed by atoms with E-state index in [2.05, 4.69) is 4.98 Å². The molecular weight excluding hydrogens is 225 g/mol. The van der Waals surface area contributed by atoms with Gasteiger partial charge in [-0.15, -0.1) is 0 Å². The second-order valence-electron chi connectivity index (χ2n) is 3.01. The predicted molar refractivity (Wildman–Crippen MR) is 50.9 cm³/mol. The summed E-state index contributed by atoms with van der Waals surface area (Å²) < 4.78 is 30.1. The highest BCUT2D eigenvalue weighted by molar-refractivity contribution is 7.91. The van der Waals surface area contributed by atoms with Crippen LogP contribution >= 0.6 is 0 Å². The highest BCUT2D eigenvalue weighted by Crippen LogP contribution is 2.19. The molecule has 0 radical (unpaired) electrons. The summed E-state index contributed by atoms with van der Waals surface area (Å²) in [6.45, 7) is 0. The van der Waals surface area contributed by atoms with E-state index in [1.165, 1.54) is 0 Å². The molecule has 1 aromatic rings. The van der Waals surface area contributed by atoms with Crippen molar-refractivity contribution in [3.63, 3.8) is 0 Å². The van der Waals surface area contributed by atoms with Gasteiger partial charge in [-0.3, -0.25) is 4.57 Å². The van der Waals surface area contributed by atoms with Crippen molar-refractivity contribution in [2.24, 2.45) is 0 Å². The lowest BCUT2D eigenvalue weighted by Gasteiger charge is -2.09.